The summed E-state index contributed by atoms with van der Waals surface area (Å²) < 4.78 is 0. The Morgan fingerprint density at radius 2 is 0.524 bits per heavy atom. The lowest BCUT2D eigenvalue weighted by Crippen LogP contribution is -2.61. The number of nitrogens with two attached hydrogens (primary N) is 8. The third kappa shape index (κ3) is 35.8. The highest BCUT2D eigenvalue weighted by Crippen LogP contribution is 2.33. The number of guanidine groups is 7. The quantitative estimate of drug-likeness (QED) is 0.0153. The van der Waals surface area contributed by atoms with Crippen molar-refractivity contribution in [1.82, 2.24) is 114 Å². The summed E-state index contributed by atoms with van der Waals surface area (Å²) in [6, 6.07) is -19.6. The molecule has 0 aromatic carbocycles. The number of amides is 15. The average Bonchev–Trinajstić information content (AvgIpc) is 1.66. The van der Waals surface area contributed by atoms with E-state index in [4.69, 9.17) is 83.7 Å². The van der Waals surface area contributed by atoms with Crippen molar-refractivity contribution in [3.05, 3.63) is 0 Å². The molecule has 7 aliphatic heterocycles. The van der Waals surface area contributed by atoms with Crippen molar-refractivity contribution in [2.75, 3.05) is 91.6 Å². The molecular weight excluding hydrogens is 1860 g/mol. The monoisotopic (exact) mass is 2020 g/mol. The van der Waals surface area contributed by atoms with E-state index in [1.54, 1.807) is 13.8 Å². The van der Waals surface area contributed by atoms with Gasteiger partial charge in [-0.3, -0.25) is 110 Å². The van der Waals surface area contributed by atoms with Gasteiger partial charge in [-0.25, -0.2) is 4.79 Å². The van der Waals surface area contributed by atoms with E-state index in [2.05, 4.69) is 79.8 Å². The molecule has 39 N–H and O–H groups in total. The third-order valence-electron chi connectivity index (χ3n) is 26.9. The number of hydrogen-bond donors (Lipinski definition) is 31. The van der Waals surface area contributed by atoms with E-state index in [1.165, 1.54) is 34.3 Å². The van der Waals surface area contributed by atoms with Gasteiger partial charge in [-0.05, 0) is 198 Å². The van der Waals surface area contributed by atoms with Gasteiger partial charge < -0.3 is 165 Å². The van der Waals surface area contributed by atoms with Crippen LogP contribution in [0.2, 0.25) is 0 Å². The Kier molecular flexibility index (Phi) is 47.2. The van der Waals surface area contributed by atoms with E-state index >= 15 is 43.2 Å². The van der Waals surface area contributed by atoms with Crippen LogP contribution in [0, 0.1) is 49.7 Å². The van der Waals surface area contributed by atoms with Crippen LogP contribution in [-0.4, -0.2) is 364 Å². The van der Waals surface area contributed by atoms with E-state index in [1.807, 2.05) is 13.8 Å². The molecule has 0 unspecified atom stereocenters. The molecule has 0 saturated carbocycles. The maximum atomic E-state index is 15.3. The molecule has 0 aliphatic carbocycles. The summed E-state index contributed by atoms with van der Waals surface area (Å²) in [5.74, 6) is -14.7. The molecule has 54 nitrogen and oxygen atoms in total. The molecule has 0 bridgehead atoms. The Bertz CT molecular complexity index is 4490. The van der Waals surface area contributed by atoms with Gasteiger partial charge in [0.25, 0.3) is 0 Å². The predicted molar refractivity (Wildman–Crippen MR) is 527 cm³/mol. The minimum Gasteiger partial charge on any atom is -0.480 e. The number of aliphatic carboxylic acids is 1. The summed E-state index contributed by atoms with van der Waals surface area (Å²) in [4.78, 5) is 244. The summed E-state index contributed by atoms with van der Waals surface area (Å²) in [6.07, 6.45) is 5.26. The number of nitrogens with one attached hydrogen (secondary N) is 22. The van der Waals surface area contributed by atoms with Crippen LogP contribution in [-0.2, 0) is 76.7 Å². The van der Waals surface area contributed by atoms with Gasteiger partial charge in [-0.2, -0.15) is 0 Å². The first-order valence-corrected chi connectivity index (χ1v) is 50.0. The van der Waals surface area contributed by atoms with Crippen LogP contribution < -0.4 is 126 Å². The Balaban J connectivity index is 1.04. The van der Waals surface area contributed by atoms with Crippen LogP contribution in [0.1, 0.15) is 220 Å². The molecule has 0 spiro atoms. The van der Waals surface area contributed by atoms with Gasteiger partial charge in [-0.15, -0.1) is 0 Å². The molecule has 7 aliphatic rings. The molecule has 7 fully saturated rings. The molecule has 15 amide bonds. The van der Waals surface area contributed by atoms with Crippen molar-refractivity contribution < 1.29 is 81.8 Å². The second-order valence-corrected chi connectivity index (χ2v) is 38.1. The van der Waals surface area contributed by atoms with Crippen LogP contribution in [0.4, 0.5) is 0 Å². The molecule has 800 valence electrons. The van der Waals surface area contributed by atoms with E-state index in [0.717, 1.165) is 0 Å². The molecule has 54 heteroatoms. The van der Waals surface area contributed by atoms with E-state index in [0.29, 0.717) is 57.8 Å². The number of carboxylic acid groups (broad SMARTS) is 1. The molecule has 17 atom stereocenters. The Labute approximate surface area is 832 Å². The van der Waals surface area contributed by atoms with Gasteiger partial charge in [0.1, 0.15) is 90.6 Å². The molecule has 0 aromatic rings. The van der Waals surface area contributed by atoms with Gasteiger partial charge in [0.2, 0.25) is 88.6 Å². The Morgan fingerprint density at radius 3 is 0.846 bits per heavy atom. The molecule has 0 aromatic heterocycles. The molecular formula is C89H157N37O17. The fourth-order valence-corrected chi connectivity index (χ4v) is 19.4. The average molecular weight is 2020 g/mol. The first-order chi connectivity index (χ1) is 67.9. The summed E-state index contributed by atoms with van der Waals surface area (Å²) in [5, 5.41) is 104. The number of carboxylic acids is 1. The minimum atomic E-state index is -1.38. The maximum Gasteiger partial charge on any atom is 0.326 e. The summed E-state index contributed by atoms with van der Waals surface area (Å²) >= 11 is 0. The molecule has 7 heterocycles. The zero-order valence-corrected chi connectivity index (χ0v) is 82.7. The number of rotatable bonds is 56. The molecule has 7 rings (SSSR count). The number of nitrogens with zero attached hydrogens (tertiary/aromatic N) is 7. The van der Waals surface area contributed by atoms with Crippen LogP contribution in [0.5, 0.6) is 0 Å². The normalized spacial score (nSPS) is 20.7. The van der Waals surface area contributed by atoms with Crippen molar-refractivity contribution in [2.24, 2.45) is 57.7 Å². The van der Waals surface area contributed by atoms with Crippen molar-refractivity contribution in [1.29, 1.82) is 37.9 Å². The standard InChI is InChI=1S/C89H157N37O17/c1-5-50(4)66(119-69(129)53(22-8-36-107-85(95)96)112-67(127)51(90)20-6-34-105-83(91)92)74(134)116-56(25-11-39-110-88(101)102)76(136)120-41-13-27-59(120)71(131)115-55(24-10-38-109-87(99)100)77(137)124-45-17-31-63(124)79(139)122-43-15-29-61(122)70(130)113-52(21-7-35-106-84(93)94)68(128)118-58(48-49(2)3)78(138)125-46-18-32-64(125)81(141)126-47-19-33-65(126)80(140)123-44-16-30-62(123)72(132)114-54(23-9-37-108-86(97)98)75(135)121-42-14-28-60(121)73(133)117-57(82(142)143)26-12-40-111-89(103)104/h49-66H,5-48,90H2,1-4H3,(H,112,127)(H,113,130)(H,114,132)(H,115,131)(H,116,134)(H,117,133)(H,118,128)(H,119,129)(H,142,143)(H4,91,92,105)(H4,93,94,106)(H4,95,96,107)(H4,97,98,108)(H4,99,100,109)(H4,101,102,110)(H4,103,104,111)/t50-,51-,52-,53-,54-,55-,56-,57-,58-,59-,60-,61-,62-,63-,64-,65-,66-/m0/s1. The Morgan fingerprint density at radius 1 is 0.294 bits per heavy atom. The maximum absolute atomic E-state index is 15.3. The SMILES string of the molecule is CC[C@H](C)[C@H](NC(=O)[C@H](CCCNC(=N)N)NC(=O)[C@@H](N)CCCNC(=N)N)C(=O)N[C@@H](CCCNC(=N)N)C(=O)N1CCC[C@H]1C(=O)N[C@@H](CCCNC(=N)N)C(=O)N1CCC[C@H]1C(=O)N1CCC[C@H]1C(=O)N[C@@H](CCCNC(=N)N)C(=O)N[C@@H](CC(C)C)C(=O)N1CCC[C@H]1C(=O)N1CCC[C@H]1C(=O)N1CCC[C@H]1C(=O)N[C@@H](CCCNC(=N)N)C(=O)N1CCC[C@H]1C(=O)N[C@@H](CCCNC(=N)N)C(=O)O. The lowest BCUT2D eigenvalue weighted by Gasteiger charge is -2.35. The fourth-order valence-electron chi connectivity index (χ4n) is 19.4. The molecule has 143 heavy (non-hydrogen) atoms. The highest BCUT2D eigenvalue weighted by atomic mass is 16.4. The first-order valence-electron chi connectivity index (χ1n) is 50.0. The predicted octanol–water partition coefficient (Wildman–Crippen LogP) is -7.85. The minimum absolute atomic E-state index is 0.00140. The number of carbonyl (C=O) groups excluding carboxylic acids is 15. The number of likely N-dealkylation sites (tertiary alicyclic amines) is 7. The number of carbonyl (C=O) groups is 16. The Hall–Kier alpha value is -13.6. The lowest BCUT2D eigenvalue weighted by atomic mass is 9.96. The molecule has 7 saturated heterocycles. The zero-order valence-electron chi connectivity index (χ0n) is 82.7. The smallest absolute Gasteiger partial charge is 0.326 e. The summed E-state index contributed by atoms with van der Waals surface area (Å²) in [6.45, 7) is 8.57. The highest BCUT2D eigenvalue weighted by molar-refractivity contribution is 6.02. The van der Waals surface area contributed by atoms with Gasteiger partial charge in [0, 0.05) is 91.6 Å². The van der Waals surface area contributed by atoms with Gasteiger partial charge in [0.15, 0.2) is 41.7 Å². The second-order valence-electron chi connectivity index (χ2n) is 38.1. The highest BCUT2D eigenvalue weighted by Gasteiger charge is 2.51. The van der Waals surface area contributed by atoms with Crippen LogP contribution >= 0.6 is 0 Å². The van der Waals surface area contributed by atoms with Crippen LogP contribution in [0.25, 0.3) is 0 Å². The largest absolute Gasteiger partial charge is 0.480 e. The third-order valence-corrected chi connectivity index (χ3v) is 26.9. The van der Waals surface area contributed by atoms with Gasteiger partial charge in [-0.1, -0.05) is 34.1 Å². The van der Waals surface area contributed by atoms with Crippen LogP contribution in [0.3, 0.4) is 0 Å². The first kappa shape index (κ1) is 116. The van der Waals surface area contributed by atoms with E-state index in [9.17, 15) is 38.7 Å². The van der Waals surface area contributed by atoms with Crippen molar-refractivity contribution in [3.8, 4) is 0 Å². The topological polar surface area (TPSA) is 872 Å². The van der Waals surface area contributed by atoms with Crippen LogP contribution in [0.15, 0.2) is 0 Å². The van der Waals surface area contributed by atoms with Crippen molar-refractivity contribution >= 4 is 136 Å². The fraction of sp³-hybridized carbons (Fsp3) is 0.742. The zero-order chi connectivity index (χ0) is 105. The summed E-state index contributed by atoms with van der Waals surface area (Å²) in [5.41, 5.74) is 45.0. The summed E-state index contributed by atoms with van der Waals surface area (Å²) in [7, 11) is 0. The van der Waals surface area contributed by atoms with Gasteiger partial charge in [0.05, 0.1) is 6.04 Å². The lowest BCUT2D eigenvalue weighted by molar-refractivity contribution is -0.151. The number of hydrogen-bond acceptors (Lipinski definition) is 24. The van der Waals surface area contributed by atoms with E-state index in [-0.39, 0.29) is 274 Å². The van der Waals surface area contributed by atoms with Crippen molar-refractivity contribution in [3.63, 3.8) is 0 Å². The second kappa shape index (κ2) is 58.1. The molecule has 0 radical (unpaired) electrons. The van der Waals surface area contributed by atoms with E-state index < -0.39 is 197 Å². The van der Waals surface area contributed by atoms with Gasteiger partial charge >= 0.3 is 5.97 Å². The van der Waals surface area contributed by atoms with Crippen molar-refractivity contribution in [2.45, 2.75) is 317 Å².